The van der Waals surface area contributed by atoms with E-state index >= 15 is 0 Å². The molecular formula is C13H9F8N5O2. The van der Waals surface area contributed by atoms with Crippen LogP contribution in [-0.4, -0.2) is 40.3 Å². The first kappa shape index (κ1) is 21.3. The van der Waals surface area contributed by atoms with Crippen molar-refractivity contribution in [3.05, 3.63) is 27.8 Å². The molecule has 3 N–H and O–H groups in total. The molecule has 0 radical (unpaired) electrons. The van der Waals surface area contributed by atoms with E-state index in [4.69, 9.17) is 5.41 Å². The molecule has 1 aromatic heterocycles. The van der Waals surface area contributed by atoms with Gasteiger partial charge >= 0.3 is 18.3 Å². The second kappa shape index (κ2) is 6.87. The van der Waals surface area contributed by atoms with E-state index in [1.165, 1.54) is 5.32 Å². The zero-order valence-electron chi connectivity index (χ0n) is 13.3. The number of carbonyl (C=O) groups excluding carboxylic acids is 1. The predicted octanol–water partition coefficient (Wildman–Crippen LogP) is 1.99. The van der Waals surface area contributed by atoms with Gasteiger partial charge < -0.3 is 10.7 Å². The first-order valence-corrected chi connectivity index (χ1v) is 7.10. The molecule has 28 heavy (non-hydrogen) atoms. The molecule has 1 amide bonds. The molecule has 154 valence electrons. The highest BCUT2D eigenvalue weighted by molar-refractivity contribution is 6.08. The van der Waals surface area contributed by atoms with Crippen LogP contribution in [0.1, 0.15) is 11.3 Å². The molecule has 7 nitrogen and oxygen atoms in total. The summed E-state index contributed by atoms with van der Waals surface area (Å²) >= 11 is 0. The summed E-state index contributed by atoms with van der Waals surface area (Å²) in [6.07, 6.45) is -10.8. The van der Waals surface area contributed by atoms with Gasteiger partial charge in [-0.25, -0.2) is 4.98 Å². The maximum absolute atomic E-state index is 13.2. The number of nitrogens with one attached hydrogen (secondary N) is 3. The summed E-state index contributed by atoms with van der Waals surface area (Å²) in [5.74, 6) is -6.78. The van der Waals surface area contributed by atoms with Crippen molar-refractivity contribution in [1.29, 1.82) is 5.41 Å². The SMILES string of the molecule is N=C/C(=C\NCC(F)(F)C(F)(F)F)c1c(C(F)(F)F)nc2n(c1=O)CC(=O)N2. The molecule has 0 unspecified atom stereocenters. The minimum atomic E-state index is -5.92. The Balaban J connectivity index is 2.52. The van der Waals surface area contributed by atoms with Gasteiger partial charge in [-0.15, -0.1) is 0 Å². The van der Waals surface area contributed by atoms with Crippen molar-refractivity contribution in [3.8, 4) is 0 Å². The van der Waals surface area contributed by atoms with Crippen LogP contribution in [-0.2, 0) is 17.5 Å². The standard InChI is InChI=1S/C13H9F8N5O2/c14-11(15,13(19,20)21)4-23-2-5(1-22)7-8(12(16,17)18)25-10-24-6(27)3-26(10)9(7)28/h1-2,22-23H,3-4H2,(H,24,25,27)/b5-2+,22-1?. The monoisotopic (exact) mass is 419 g/mol. The lowest BCUT2D eigenvalue weighted by Gasteiger charge is -2.19. The smallest absolute Gasteiger partial charge is 0.384 e. The minimum Gasteiger partial charge on any atom is -0.384 e. The Morgan fingerprint density at radius 2 is 1.79 bits per heavy atom. The number of rotatable bonds is 5. The van der Waals surface area contributed by atoms with Crippen LogP contribution < -0.4 is 16.2 Å². The molecule has 0 saturated heterocycles. The Kier molecular flexibility index (Phi) is 5.22. The summed E-state index contributed by atoms with van der Waals surface area (Å²) < 4.78 is 102. The second-order valence-corrected chi connectivity index (χ2v) is 5.42. The van der Waals surface area contributed by atoms with Crippen molar-refractivity contribution >= 4 is 23.6 Å². The molecule has 0 saturated carbocycles. The van der Waals surface area contributed by atoms with Gasteiger partial charge in [0.25, 0.3) is 5.56 Å². The number of hydrogen-bond acceptors (Lipinski definition) is 5. The Morgan fingerprint density at radius 3 is 2.29 bits per heavy atom. The third kappa shape index (κ3) is 3.96. The maximum atomic E-state index is 13.2. The van der Waals surface area contributed by atoms with Gasteiger partial charge in [0.05, 0.1) is 12.1 Å². The Bertz CT molecular complexity index is 900. The van der Waals surface area contributed by atoms with E-state index in [0.29, 0.717) is 4.57 Å². The number of hydrogen-bond donors (Lipinski definition) is 3. The maximum Gasteiger partial charge on any atom is 0.455 e. The molecule has 0 fully saturated rings. The van der Waals surface area contributed by atoms with E-state index in [1.807, 2.05) is 5.32 Å². The van der Waals surface area contributed by atoms with Crippen LogP contribution in [0.2, 0.25) is 0 Å². The average Bonchev–Trinajstić information content (AvgIpc) is 2.91. The fourth-order valence-corrected chi connectivity index (χ4v) is 2.15. The van der Waals surface area contributed by atoms with E-state index in [-0.39, 0.29) is 12.4 Å². The highest BCUT2D eigenvalue weighted by Gasteiger charge is 2.57. The molecule has 1 aromatic rings. The summed E-state index contributed by atoms with van der Waals surface area (Å²) in [5, 5.41) is 10.5. The van der Waals surface area contributed by atoms with Crippen LogP contribution in [0.3, 0.4) is 0 Å². The number of amides is 1. The number of fused-ring (bicyclic) bond motifs is 1. The van der Waals surface area contributed by atoms with E-state index in [0.717, 1.165) is 0 Å². The molecule has 0 bridgehead atoms. The van der Waals surface area contributed by atoms with Crippen molar-refractivity contribution in [2.45, 2.75) is 24.8 Å². The summed E-state index contributed by atoms with van der Waals surface area (Å²) in [4.78, 5) is 26.7. The van der Waals surface area contributed by atoms with Gasteiger partial charge in [-0.3, -0.25) is 19.5 Å². The molecule has 0 atom stereocenters. The van der Waals surface area contributed by atoms with E-state index in [9.17, 15) is 44.7 Å². The van der Waals surface area contributed by atoms with Gasteiger partial charge in [-0.2, -0.15) is 35.1 Å². The Hall–Kier alpha value is -3.00. The van der Waals surface area contributed by atoms with Crippen LogP contribution in [0.5, 0.6) is 0 Å². The summed E-state index contributed by atoms with van der Waals surface area (Å²) in [6.45, 7) is -2.73. The van der Waals surface area contributed by atoms with E-state index in [2.05, 4.69) is 4.98 Å². The van der Waals surface area contributed by atoms with Crippen LogP contribution in [0.4, 0.5) is 41.1 Å². The van der Waals surface area contributed by atoms with Crippen molar-refractivity contribution in [2.75, 3.05) is 11.9 Å². The van der Waals surface area contributed by atoms with Crippen LogP contribution >= 0.6 is 0 Å². The molecule has 0 aromatic carbocycles. The highest BCUT2D eigenvalue weighted by Crippen LogP contribution is 2.35. The van der Waals surface area contributed by atoms with Gasteiger partial charge in [0, 0.05) is 18.0 Å². The molecule has 1 aliphatic rings. The normalized spacial score (nSPS) is 15.3. The van der Waals surface area contributed by atoms with Crippen LogP contribution in [0.25, 0.3) is 5.57 Å². The highest BCUT2D eigenvalue weighted by atomic mass is 19.4. The number of anilines is 1. The lowest BCUT2D eigenvalue weighted by atomic mass is 10.1. The van der Waals surface area contributed by atoms with Crippen LogP contribution in [0.15, 0.2) is 11.0 Å². The minimum absolute atomic E-state index is 0.142. The Morgan fingerprint density at radius 1 is 1.18 bits per heavy atom. The van der Waals surface area contributed by atoms with Gasteiger partial charge in [0.1, 0.15) is 6.54 Å². The number of aromatic nitrogens is 2. The topological polar surface area (TPSA) is 99.9 Å². The lowest BCUT2D eigenvalue weighted by Crippen LogP contribution is -2.44. The average molecular weight is 419 g/mol. The predicted molar refractivity (Wildman–Crippen MR) is 77.9 cm³/mol. The zero-order valence-corrected chi connectivity index (χ0v) is 13.3. The van der Waals surface area contributed by atoms with Crippen molar-refractivity contribution in [3.63, 3.8) is 0 Å². The lowest BCUT2D eigenvalue weighted by molar-refractivity contribution is -0.278. The number of alkyl halides is 8. The summed E-state index contributed by atoms with van der Waals surface area (Å²) in [6, 6.07) is 0. The van der Waals surface area contributed by atoms with Crippen molar-refractivity contribution in [2.24, 2.45) is 0 Å². The molecule has 0 aliphatic carbocycles. The van der Waals surface area contributed by atoms with Gasteiger partial charge in [0.2, 0.25) is 11.9 Å². The first-order chi connectivity index (χ1) is 12.7. The Labute approximate surface area is 149 Å². The number of allylic oxidation sites excluding steroid dienone is 1. The summed E-state index contributed by atoms with van der Waals surface area (Å²) in [5.41, 5.74) is -5.53. The fraction of sp³-hybridized carbons (Fsp3) is 0.385. The molecule has 15 heteroatoms. The molecular weight excluding hydrogens is 410 g/mol. The molecule has 2 heterocycles. The van der Waals surface area contributed by atoms with Crippen molar-refractivity contribution < 1.29 is 39.9 Å². The number of halogens is 8. The molecule has 0 spiro atoms. The third-order valence-corrected chi connectivity index (χ3v) is 3.43. The third-order valence-electron chi connectivity index (χ3n) is 3.43. The second-order valence-electron chi connectivity index (χ2n) is 5.42. The van der Waals surface area contributed by atoms with Crippen LogP contribution in [0, 0.1) is 5.41 Å². The quantitative estimate of drug-likeness (QED) is 0.502. The van der Waals surface area contributed by atoms with Gasteiger partial charge in [-0.05, 0) is 0 Å². The first-order valence-electron chi connectivity index (χ1n) is 7.10. The van der Waals surface area contributed by atoms with E-state index < -0.39 is 65.6 Å². The fourth-order valence-electron chi connectivity index (χ4n) is 2.15. The number of carbonyl (C=O) groups is 1. The van der Waals surface area contributed by atoms with Gasteiger partial charge in [0.15, 0.2) is 5.69 Å². The number of nitrogens with zero attached hydrogens (tertiary/aromatic N) is 2. The van der Waals surface area contributed by atoms with Gasteiger partial charge in [-0.1, -0.05) is 0 Å². The zero-order chi connectivity index (χ0) is 21.5. The largest absolute Gasteiger partial charge is 0.455 e. The molecule has 2 rings (SSSR count). The van der Waals surface area contributed by atoms with Crippen molar-refractivity contribution in [1.82, 2.24) is 14.9 Å². The molecule has 1 aliphatic heterocycles. The summed E-state index contributed by atoms with van der Waals surface area (Å²) in [7, 11) is 0. The van der Waals surface area contributed by atoms with E-state index in [1.54, 1.807) is 0 Å².